The zero-order valence-corrected chi connectivity index (χ0v) is 17.6. The number of benzene rings is 2. The molecule has 1 saturated carbocycles. The molecular weight excluding hydrogens is 367 g/mol. The molecule has 5 heteroatoms. The molecule has 2 aromatic rings. The number of ether oxygens (including phenoxy) is 1. The standard InChI is InChI=1S/C24H31FN2O2/c1-4-27(5-2)22(18-8-6-9-21(16-18)29-3)17-26-23(28)24(14-7-15-24)19-10-12-20(25)13-11-19/h6,8-13,16,22H,4-5,7,14-15,17H2,1-3H3,(H,26,28). The first-order valence-corrected chi connectivity index (χ1v) is 10.5. The maximum atomic E-state index is 13.4. The lowest BCUT2D eigenvalue weighted by Crippen LogP contribution is -2.51. The van der Waals surface area contributed by atoms with E-state index in [1.165, 1.54) is 12.1 Å². The van der Waals surface area contributed by atoms with Gasteiger partial charge in [0.05, 0.1) is 18.6 Å². The van der Waals surface area contributed by atoms with Crippen molar-refractivity contribution in [2.24, 2.45) is 0 Å². The predicted molar refractivity (Wildman–Crippen MR) is 114 cm³/mol. The summed E-state index contributed by atoms with van der Waals surface area (Å²) in [4.78, 5) is 15.6. The molecule has 1 aliphatic rings. The highest BCUT2D eigenvalue weighted by atomic mass is 19.1. The molecule has 1 unspecified atom stereocenters. The minimum atomic E-state index is -0.532. The second-order valence-electron chi connectivity index (χ2n) is 7.67. The monoisotopic (exact) mass is 398 g/mol. The molecule has 4 nitrogen and oxygen atoms in total. The summed E-state index contributed by atoms with van der Waals surface area (Å²) in [5.41, 5.74) is 1.50. The molecule has 0 bridgehead atoms. The predicted octanol–water partition coefficient (Wildman–Crippen LogP) is 4.46. The van der Waals surface area contributed by atoms with Crippen LogP contribution in [0.15, 0.2) is 48.5 Å². The number of methoxy groups -OCH3 is 1. The van der Waals surface area contributed by atoms with E-state index >= 15 is 0 Å². The lowest BCUT2D eigenvalue weighted by Gasteiger charge is -2.41. The quantitative estimate of drug-likeness (QED) is 0.678. The van der Waals surface area contributed by atoms with Crippen molar-refractivity contribution >= 4 is 5.91 Å². The van der Waals surface area contributed by atoms with Gasteiger partial charge in [-0.05, 0) is 61.3 Å². The van der Waals surface area contributed by atoms with Crippen molar-refractivity contribution in [3.63, 3.8) is 0 Å². The smallest absolute Gasteiger partial charge is 0.230 e. The van der Waals surface area contributed by atoms with Gasteiger partial charge in [-0.1, -0.05) is 44.5 Å². The van der Waals surface area contributed by atoms with E-state index < -0.39 is 5.41 Å². The highest BCUT2D eigenvalue weighted by Crippen LogP contribution is 2.44. The number of likely N-dealkylation sites (N-methyl/N-ethyl adjacent to an activating group) is 1. The minimum Gasteiger partial charge on any atom is -0.497 e. The summed E-state index contributed by atoms with van der Waals surface area (Å²) in [6, 6.07) is 14.5. The zero-order valence-electron chi connectivity index (χ0n) is 17.6. The fraction of sp³-hybridized carbons (Fsp3) is 0.458. The third-order valence-electron chi connectivity index (χ3n) is 6.23. The molecule has 0 aliphatic heterocycles. The second-order valence-corrected chi connectivity index (χ2v) is 7.67. The van der Waals surface area contributed by atoms with E-state index in [-0.39, 0.29) is 17.8 Å². The van der Waals surface area contributed by atoms with E-state index in [9.17, 15) is 9.18 Å². The van der Waals surface area contributed by atoms with Crippen molar-refractivity contribution in [3.05, 3.63) is 65.5 Å². The Hall–Kier alpha value is -2.40. The van der Waals surface area contributed by atoms with Crippen LogP contribution in [0, 0.1) is 5.82 Å². The van der Waals surface area contributed by atoms with Gasteiger partial charge in [-0.2, -0.15) is 0 Å². The Morgan fingerprint density at radius 1 is 1.17 bits per heavy atom. The first kappa shape index (κ1) is 21.3. The zero-order chi connectivity index (χ0) is 20.9. The van der Waals surface area contributed by atoms with Gasteiger partial charge in [0.25, 0.3) is 0 Å². The van der Waals surface area contributed by atoms with Crippen LogP contribution in [-0.2, 0) is 10.2 Å². The van der Waals surface area contributed by atoms with Gasteiger partial charge in [0, 0.05) is 6.54 Å². The lowest BCUT2D eigenvalue weighted by molar-refractivity contribution is -0.130. The highest BCUT2D eigenvalue weighted by molar-refractivity contribution is 5.89. The van der Waals surface area contributed by atoms with Crippen molar-refractivity contribution in [2.75, 3.05) is 26.7 Å². The van der Waals surface area contributed by atoms with Crippen LogP contribution in [0.4, 0.5) is 4.39 Å². The molecule has 0 aromatic heterocycles. The van der Waals surface area contributed by atoms with Crippen molar-refractivity contribution in [1.29, 1.82) is 0 Å². The number of nitrogens with zero attached hydrogens (tertiary/aromatic N) is 1. The van der Waals surface area contributed by atoms with Gasteiger partial charge in [0.15, 0.2) is 0 Å². The van der Waals surface area contributed by atoms with Crippen LogP contribution in [0.3, 0.4) is 0 Å². The highest BCUT2D eigenvalue weighted by Gasteiger charge is 2.45. The molecule has 1 atom stereocenters. The lowest BCUT2D eigenvalue weighted by atomic mass is 9.64. The number of carbonyl (C=O) groups is 1. The average molecular weight is 399 g/mol. The SMILES string of the molecule is CCN(CC)C(CNC(=O)C1(c2ccc(F)cc2)CCC1)c1cccc(OC)c1. The van der Waals surface area contributed by atoms with Crippen molar-refractivity contribution in [3.8, 4) is 5.75 Å². The molecule has 0 spiro atoms. The molecule has 0 saturated heterocycles. The van der Waals surface area contributed by atoms with E-state index in [0.29, 0.717) is 6.54 Å². The third kappa shape index (κ3) is 4.45. The molecule has 0 radical (unpaired) electrons. The molecule has 156 valence electrons. The van der Waals surface area contributed by atoms with Gasteiger partial charge in [-0.25, -0.2) is 4.39 Å². The number of hydrogen-bond acceptors (Lipinski definition) is 3. The normalized spacial score (nSPS) is 16.2. The number of hydrogen-bond donors (Lipinski definition) is 1. The Morgan fingerprint density at radius 3 is 2.41 bits per heavy atom. The summed E-state index contributed by atoms with van der Waals surface area (Å²) >= 11 is 0. The summed E-state index contributed by atoms with van der Waals surface area (Å²) in [6.45, 7) is 6.56. The van der Waals surface area contributed by atoms with Gasteiger partial charge in [0.2, 0.25) is 5.91 Å². The summed E-state index contributed by atoms with van der Waals surface area (Å²) in [5, 5.41) is 3.21. The van der Waals surface area contributed by atoms with Crippen LogP contribution in [-0.4, -0.2) is 37.6 Å². The van der Waals surface area contributed by atoms with Crippen molar-refractivity contribution < 1.29 is 13.9 Å². The van der Waals surface area contributed by atoms with Crippen LogP contribution < -0.4 is 10.1 Å². The van der Waals surface area contributed by atoms with Crippen LogP contribution in [0.1, 0.15) is 50.3 Å². The largest absolute Gasteiger partial charge is 0.497 e. The second kappa shape index (κ2) is 9.40. The Labute approximate surface area is 173 Å². The Morgan fingerprint density at radius 2 is 1.86 bits per heavy atom. The van der Waals surface area contributed by atoms with Crippen LogP contribution in [0.2, 0.25) is 0 Å². The first-order valence-electron chi connectivity index (χ1n) is 10.5. The Balaban J connectivity index is 1.79. The molecule has 0 heterocycles. The summed E-state index contributed by atoms with van der Waals surface area (Å²) in [5.74, 6) is 0.575. The average Bonchev–Trinajstić information content (AvgIpc) is 2.71. The summed E-state index contributed by atoms with van der Waals surface area (Å²) in [7, 11) is 1.66. The minimum absolute atomic E-state index is 0.0374. The molecule has 2 aromatic carbocycles. The van der Waals surface area contributed by atoms with Gasteiger partial charge < -0.3 is 10.1 Å². The van der Waals surface area contributed by atoms with E-state index in [1.54, 1.807) is 19.2 Å². The Bertz CT molecular complexity index is 814. The number of halogens is 1. The van der Waals surface area contributed by atoms with E-state index in [2.05, 4.69) is 30.1 Å². The fourth-order valence-corrected chi connectivity index (χ4v) is 4.28. The molecule has 1 amide bonds. The van der Waals surface area contributed by atoms with E-state index in [0.717, 1.165) is 49.2 Å². The van der Waals surface area contributed by atoms with Gasteiger partial charge >= 0.3 is 0 Å². The molecule has 3 rings (SSSR count). The maximum absolute atomic E-state index is 13.4. The van der Waals surface area contributed by atoms with Gasteiger partial charge in [-0.3, -0.25) is 9.69 Å². The van der Waals surface area contributed by atoms with Crippen molar-refractivity contribution in [2.45, 2.75) is 44.6 Å². The van der Waals surface area contributed by atoms with Crippen LogP contribution in [0.25, 0.3) is 0 Å². The number of rotatable bonds is 9. The number of nitrogens with one attached hydrogen (secondary N) is 1. The summed E-state index contributed by atoms with van der Waals surface area (Å²) < 4.78 is 18.7. The fourth-order valence-electron chi connectivity index (χ4n) is 4.28. The maximum Gasteiger partial charge on any atom is 0.230 e. The van der Waals surface area contributed by atoms with Crippen molar-refractivity contribution in [1.82, 2.24) is 10.2 Å². The third-order valence-corrected chi connectivity index (χ3v) is 6.23. The number of carbonyl (C=O) groups excluding carboxylic acids is 1. The molecule has 1 N–H and O–H groups in total. The first-order chi connectivity index (χ1) is 14.0. The molecule has 1 fully saturated rings. The van der Waals surface area contributed by atoms with E-state index in [4.69, 9.17) is 4.74 Å². The number of amides is 1. The topological polar surface area (TPSA) is 41.6 Å². The molecular formula is C24H31FN2O2. The molecule has 29 heavy (non-hydrogen) atoms. The van der Waals surface area contributed by atoms with E-state index in [1.807, 2.05) is 18.2 Å². The van der Waals surface area contributed by atoms with Gasteiger partial charge in [-0.15, -0.1) is 0 Å². The van der Waals surface area contributed by atoms with Gasteiger partial charge in [0.1, 0.15) is 11.6 Å². The Kier molecular flexibility index (Phi) is 6.91. The van der Waals surface area contributed by atoms with Crippen LogP contribution in [0.5, 0.6) is 5.75 Å². The summed E-state index contributed by atoms with van der Waals surface area (Å²) in [6.07, 6.45) is 2.62. The van der Waals surface area contributed by atoms with Crippen LogP contribution >= 0.6 is 0 Å². The molecule has 1 aliphatic carbocycles.